The summed E-state index contributed by atoms with van der Waals surface area (Å²) in [4.78, 5) is 13.9. The van der Waals surface area contributed by atoms with Crippen LogP contribution >= 0.6 is 0 Å². The van der Waals surface area contributed by atoms with Crippen LogP contribution in [0.15, 0.2) is 16.8 Å². The first-order valence-electron chi connectivity index (χ1n) is 2.17. The topological polar surface area (TPSA) is 43.5 Å². The molecule has 3 nitrogen and oxygen atoms in total. The third kappa shape index (κ3) is 0.753. The van der Waals surface area contributed by atoms with E-state index in [1.165, 1.54) is 6.20 Å². The summed E-state index contributed by atoms with van der Waals surface area (Å²) >= 11 is 0. The summed E-state index contributed by atoms with van der Waals surface area (Å²) in [5.74, 6) is -0.250. The van der Waals surface area contributed by atoms with Crippen molar-refractivity contribution in [1.82, 2.24) is 5.32 Å². The Balaban J connectivity index is 2.80. The second kappa shape index (κ2) is 1.78. The number of carbonyl (C=O) groups excluding carboxylic acids is 1. The summed E-state index contributed by atoms with van der Waals surface area (Å²) in [6.45, 7) is 1.66. The highest BCUT2D eigenvalue weighted by Gasteiger charge is 2.05. The predicted octanol–water partition coefficient (Wildman–Crippen LogP) is -0.0599. The van der Waals surface area contributed by atoms with Gasteiger partial charge in [0.15, 0.2) is 0 Å². The molecule has 0 atom stereocenters. The van der Waals surface area contributed by atoms with Crippen molar-refractivity contribution in [3.8, 4) is 0 Å². The third-order valence-electron chi connectivity index (χ3n) is 0.805. The maximum absolute atomic E-state index is 10.4. The van der Waals surface area contributed by atoms with Crippen LogP contribution in [0.5, 0.6) is 0 Å². The number of carbonyl (C=O) groups is 1. The molecule has 8 heavy (non-hydrogen) atoms. The lowest BCUT2D eigenvalue weighted by molar-refractivity contribution is -0.116. The van der Waals surface area contributed by atoms with E-state index in [9.17, 15) is 4.79 Å². The van der Waals surface area contributed by atoms with Crippen LogP contribution in [-0.4, -0.2) is 12.2 Å². The molecule has 0 saturated heterocycles. The van der Waals surface area contributed by atoms with Crippen LogP contribution in [0, 0.1) is 0 Å². The lowest BCUT2D eigenvalue weighted by atomic mass is 10.3. The molecule has 0 saturated carbocycles. The average molecular weight is 108 g/mol. The molecule has 0 aromatic heterocycles. The molecule has 0 unspecified atom stereocenters. The number of hydrogen-bond donors (Lipinski definition) is 0. The van der Waals surface area contributed by atoms with Crippen molar-refractivity contribution in [1.29, 1.82) is 0 Å². The molecule has 2 radical (unpaired) electrons. The molecular formula is C5H4N2O. The first-order chi connectivity index (χ1) is 3.80. The van der Waals surface area contributed by atoms with Gasteiger partial charge in [0, 0.05) is 11.8 Å². The van der Waals surface area contributed by atoms with Crippen molar-refractivity contribution in [3.05, 3.63) is 11.8 Å². The van der Waals surface area contributed by atoms with E-state index in [0.717, 1.165) is 0 Å². The molecule has 40 valence electrons. The van der Waals surface area contributed by atoms with E-state index in [0.29, 0.717) is 5.57 Å². The number of amides is 1. The summed E-state index contributed by atoms with van der Waals surface area (Å²) in [5, 5.41) is 3.29. The van der Waals surface area contributed by atoms with Crippen LogP contribution < -0.4 is 5.32 Å². The molecule has 0 bridgehead atoms. The van der Waals surface area contributed by atoms with E-state index in [-0.39, 0.29) is 5.91 Å². The first-order valence-corrected chi connectivity index (χ1v) is 2.17. The molecule has 0 N–H and O–H groups in total. The smallest absolute Gasteiger partial charge is 0.267 e. The molecule has 1 aliphatic heterocycles. The van der Waals surface area contributed by atoms with Gasteiger partial charge in [0.25, 0.3) is 5.91 Å². The molecule has 0 aliphatic carbocycles. The highest BCUT2D eigenvalue weighted by atomic mass is 16.1. The van der Waals surface area contributed by atoms with Gasteiger partial charge in [-0.3, -0.25) is 4.79 Å². The van der Waals surface area contributed by atoms with Crippen LogP contribution in [0.25, 0.3) is 0 Å². The van der Waals surface area contributed by atoms with Crippen LogP contribution in [0.3, 0.4) is 0 Å². The zero-order valence-electron chi connectivity index (χ0n) is 4.38. The summed E-state index contributed by atoms with van der Waals surface area (Å²) in [6.07, 6.45) is 3.63. The van der Waals surface area contributed by atoms with E-state index in [1.54, 1.807) is 6.92 Å². The summed E-state index contributed by atoms with van der Waals surface area (Å²) in [7, 11) is 0. The molecule has 1 amide bonds. The molecule has 0 aromatic rings. The number of nitrogens with zero attached hydrogens (tertiary/aromatic N) is 2. The zero-order valence-corrected chi connectivity index (χ0v) is 4.38. The summed E-state index contributed by atoms with van der Waals surface area (Å²) < 4.78 is 0. The SMILES string of the molecule is CC1=CN=[C][N]C1=O. The Morgan fingerprint density at radius 3 is 2.88 bits per heavy atom. The predicted molar refractivity (Wildman–Crippen MR) is 28.3 cm³/mol. The Hall–Kier alpha value is -1.12. The quantitative estimate of drug-likeness (QED) is 0.428. The first kappa shape index (κ1) is 5.03. The Labute approximate surface area is 47.1 Å². The molecule has 1 aliphatic rings. The van der Waals surface area contributed by atoms with E-state index >= 15 is 0 Å². The zero-order chi connectivity index (χ0) is 5.98. The lowest BCUT2D eigenvalue weighted by Crippen LogP contribution is -2.16. The van der Waals surface area contributed by atoms with E-state index in [1.807, 2.05) is 0 Å². The van der Waals surface area contributed by atoms with E-state index < -0.39 is 0 Å². The monoisotopic (exact) mass is 108 g/mol. The summed E-state index contributed by atoms with van der Waals surface area (Å²) in [6, 6.07) is 0. The lowest BCUT2D eigenvalue weighted by Gasteiger charge is -1.96. The van der Waals surface area contributed by atoms with Gasteiger partial charge >= 0.3 is 0 Å². The Morgan fingerprint density at radius 2 is 2.50 bits per heavy atom. The minimum atomic E-state index is -0.250. The van der Waals surface area contributed by atoms with Gasteiger partial charge in [-0.2, -0.15) is 5.32 Å². The second-order valence-electron chi connectivity index (χ2n) is 1.46. The largest absolute Gasteiger partial charge is 0.276 e. The Kier molecular flexibility index (Phi) is 1.12. The number of aliphatic imine (C=N–C) groups is 1. The Bertz CT molecular complexity index is 169. The van der Waals surface area contributed by atoms with Gasteiger partial charge in [0.2, 0.25) is 6.34 Å². The maximum atomic E-state index is 10.4. The average Bonchev–Trinajstić information content (AvgIpc) is 1.77. The van der Waals surface area contributed by atoms with Gasteiger partial charge in [0.05, 0.1) is 0 Å². The number of hydrogen-bond acceptors (Lipinski definition) is 2. The molecule has 0 fully saturated rings. The highest BCUT2D eigenvalue weighted by Crippen LogP contribution is 1.95. The van der Waals surface area contributed by atoms with E-state index in [2.05, 4.69) is 16.6 Å². The minimum absolute atomic E-state index is 0.250. The van der Waals surface area contributed by atoms with Crippen molar-refractivity contribution < 1.29 is 4.79 Å². The van der Waals surface area contributed by atoms with Gasteiger partial charge in [-0.05, 0) is 6.92 Å². The van der Waals surface area contributed by atoms with E-state index in [4.69, 9.17) is 0 Å². The third-order valence-corrected chi connectivity index (χ3v) is 0.805. The van der Waals surface area contributed by atoms with Crippen molar-refractivity contribution in [2.45, 2.75) is 6.92 Å². The molecule has 1 rings (SSSR count). The second-order valence-corrected chi connectivity index (χ2v) is 1.46. The normalized spacial score (nSPS) is 17.6. The van der Waals surface area contributed by atoms with Gasteiger partial charge < -0.3 is 0 Å². The fourth-order valence-corrected chi connectivity index (χ4v) is 0.343. The maximum Gasteiger partial charge on any atom is 0.276 e. The van der Waals surface area contributed by atoms with Gasteiger partial charge in [0.1, 0.15) is 0 Å². The number of rotatable bonds is 0. The van der Waals surface area contributed by atoms with Gasteiger partial charge in [-0.15, -0.1) is 0 Å². The molecule has 0 aromatic carbocycles. The van der Waals surface area contributed by atoms with Crippen molar-refractivity contribution >= 4 is 12.2 Å². The summed E-state index contributed by atoms with van der Waals surface area (Å²) in [5.41, 5.74) is 0.559. The fraction of sp³-hybridized carbons (Fsp3) is 0.200. The standard InChI is InChI=1S/C5H4N2O/c1-4-2-6-3-7-5(4)8/h2H,1H3. The Morgan fingerprint density at radius 1 is 1.75 bits per heavy atom. The van der Waals surface area contributed by atoms with Crippen molar-refractivity contribution in [3.63, 3.8) is 0 Å². The van der Waals surface area contributed by atoms with Crippen LogP contribution in [0.2, 0.25) is 0 Å². The molecular weight excluding hydrogens is 104 g/mol. The van der Waals surface area contributed by atoms with Gasteiger partial charge in [-0.1, -0.05) is 0 Å². The van der Waals surface area contributed by atoms with Crippen molar-refractivity contribution in [2.75, 3.05) is 0 Å². The molecule has 3 heteroatoms. The fourth-order valence-electron chi connectivity index (χ4n) is 0.343. The molecule has 1 heterocycles. The van der Waals surface area contributed by atoms with Crippen LogP contribution in [-0.2, 0) is 4.79 Å². The minimum Gasteiger partial charge on any atom is -0.267 e. The van der Waals surface area contributed by atoms with Crippen LogP contribution in [0.1, 0.15) is 6.92 Å². The molecule has 0 spiro atoms. The van der Waals surface area contributed by atoms with Crippen molar-refractivity contribution in [2.24, 2.45) is 4.99 Å². The highest BCUT2D eigenvalue weighted by molar-refractivity contribution is 6.00. The van der Waals surface area contributed by atoms with Crippen LogP contribution in [0.4, 0.5) is 0 Å². The van der Waals surface area contributed by atoms with Gasteiger partial charge in [-0.25, -0.2) is 4.99 Å².